The Balaban J connectivity index is 1.73. The molecule has 0 spiro atoms. The lowest BCUT2D eigenvalue weighted by atomic mass is 10.1. The molecule has 0 heterocycles. The van der Waals surface area contributed by atoms with Gasteiger partial charge in [0.05, 0.1) is 13.5 Å². The van der Waals surface area contributed by atoms with Crippen molar-refractivity contribution in [2.45, 2.75) is 45.8 Å². The predicted octanol–water partition coefficient (Wildman–Crippen LogP) is 3.41. The van der Waals surface area contributed by atoms with Crippen molar-refractivity contribution in [2.75, 3.05) is 19.0 Å². The van der Waals surface area contributed by atoms with Crippen LogP contribution in [0.15, 0.2) is 48.5 Å². The number of hydrogen-bond donors (Lipinski definition) is 3. The number of ether oxygens (including phenoxy) is 2. The maximum absolute atomic E-state index is 12.2. The molecule has 0 saturated carbocycles. The highest BCUT2D eigenvalue weighted by atomic mass is 16.6. The number of para-hydroxylation sites is 1. The minimum atomic E-state index is -0.581. The van der Waals surface area contributed by atoms with Crippen molar-refractivity contribution < 1.29 is 23.9 Å². The molecule has 2 aromatic carbocycles. The minimum Gasteiger partial charge on any atom is -0.496 e. The fourth-order valence-electron chi connectivity index (χ4n) is 2.81. The smallest absolute Gasteiger partial charge is 0.407 e. The third kappa shape index (κ3) is 9.07. The molecule has 0 aromatic heterocycles. The molecule has 0 aliphatic heterocycles. The molecule has 0 bridgehead atoms. The van der Waals surface area contributed by atoms with E-state index in [9.17, 15) is 14.4 Å². The topological polar surface area (TPSA) is 106 Å². The lowest BCUT2D eigenvalue weighted by Crippen LogP contribution is -2.34. The van der Waals surface area contributed by atoms with Gasteiger partial charge >= 0.3 is 6.09 Å². The van der Waals surface area contributed by atoms with Crippen molar-refractivity contribution in [3.8, 4) is 5.75 Å². The predicted molar refractivity (Wildman–Crippen MR) is 122 cm³/mol. The number of amides is 3. The molecule has 0 unspecified atom stereocenters. The fraction of sp³-hybridized carbons (Fsp3) is 0.375. The molecule has 32 heavy (non-hydrogen) atoms. The van der Waals surface area contributed by atoms with Gasteiger partial charge in [0, 0.05) is 30.8 Å². The van der Waals surface area contributed by atoms with Gasteiger partial charge in [-0.3, -0.25) is 9.59 Å². The third-order valence-corrected chi connectivity index (χ3v) is 4.29. The zero-order chi connectivity index (χ0) is 23.6. The molecule has 3 amide bonds. The van der Waals surface area contributed by atoms with Crippen LogP contribution in [0.25, 0.3) is 0 Å². The summed E-state index contributed by atoms with van der Waals surface area (Å²) in [6.07, 6.45) is -0.197. The summed E-state index contributed by atoms with van der Waals surface area (Å²) in [5, 5.41) is 8.20. The first-order chi connectivity index (χ1) is 15.2. The van der Waals surface area contributed by atoms with Crippen LogP contribution in [0.3, 0.4) is 0 Å². The van der Waals surface area contributed by atoms with Gasteiger partial charge in [0.2, 0.25) is 11.8 Å². The summed E-state index contributed by atoms with van der Waals surface area (Å²) in [6, 6.07) is 14.6. The Morgan fingerprint density at radius 2 is 1.59 bits per heavy atom. The Morgan fingerprint density at radius 1 is 0.906 bits per heavy atom. The number of benzene rings is 2. The molecule has 0 fully saturated rings. The molecule has 2 rings (SSSR count). The zero-order valence-electron chi connectivity index (χ0n) is 19.0. The van der Waals surface area contributed by atoms with E-state index in [0.29, 0.717) is 18.0 Å². The molecule has 0 aliphatic rings. The van der Waals surface area contributed by atoms with Gasteiger partial charge in [-0.15, -0.1) is 0 Å². The Hall–Kier alpha value is -3.55. The molecule has 172 valence electrons. The van der Waals surface area contributed by atoms with Gasteiger partial charge in [-0.05, 0) is 44.5 Å². The van der Waals surface area contributed by atoms with Crippen molar-refractivity contribution >= 4 is 23.6 Å². The summed E-state index contributed by atoms with van der Waals surface area (Å²) >= 11 is 0. The quantitative estimate of drug-likeness (QED) is 0.553. The highest BCUT2D eigenvalue weighted by molar-refractivity contribution is 5.91. The van der Waals surface area contributed by atoms with E-state index < -0.39 is 11.7 Å². The number of alkyl carbamates (subject to hydrolysis) is 1. The molecule has 0 saturated heterocycles. The van der Waals surface area contributed by atoms with E-state index >= 15 is 0 Å². The number of nitrogens with one attached hydrogen (secondary N) is 3. The monoisotopic (exact) mass is 441 g/mol. The van der Waals surface area contributed by atoms with Crippen molar-refractivity contribution in [1.82, 2.24) is 10.6 Å². The second-order valence-corrected chi connectivity index (χ2v) is 8.19. The summed E-state index contributed by atoms with van der Waals surface area (Å²) in [7, 11) is 1.58. The van der Waals surface area contributed by atoms with Gasteiger partial charge in [-0.2, -0.15) is 0 Å². The van der Waals surface area contributed by atoms with Gasteiger partial charge in [0.15, 0.2) is 0 Å². The lowest BCUT2D eigenvalue weighted by molar-refractivity contribution is -0.120. The average Bonchev–Trinajstić information content (AvgIpc) is 2.72. The van der Waals surface area contributed by atoms with Crippen LogP contribution < -0.4 is 20.7 Å². The number of hydrogen-bond acceptors (Lipinski definition) is 5. The zero-order valence-corrected chi connectivity index (χ0v) is 19.0. The normalized spacial score (nSPS) is 10.8. The van der Waals surface area contributed by atoms with Gasteiger partial charge in [-0.1, -0.05) is 30.3 Å². The molecule has 0 aliphatic carbocycles. The fourth-order valence-corrected chi connectivity index (χ4v) is 2.81. The van der Waals surface area contributed by atoms with E-state index in [1.165, 1.54) is 0 Å². The van der Waals surface area contributed by atoms with Gasteiger partial charge < -0.3 is 25.4 Å². The van der Waals surface area contributed by atoms with E-state index in [1.54, 1.807) is 40.0 Å². The Labute approximate surface area is 188 Å². The van der Waals surface area contributed by atoms with Crippen LogP contribution in [0.2, 0.25) is 0 Å². The van der Waals surface area contributed by atoms with Crippen LogP contribution in [-0.4, -0.2) is 37.2 Å². The highest BCUT2D eigenvalue weighted by Crippen LogP contribution is 2.17. The van der Waals surface area contributed by atoms with Gasteiger partial charge in [-0.25, -0.2) is 4.79 Å². The summed E-state index contributed by atoms with van der Waals surface area (Å²) in [4.78, 5) is 35.8. The van der Waals surface area contributed by atoms with Crippen LogP contribution in [0.4, 0.5) is 10.5 Å². The van der Waals surface area contributed by atoms with Crippen molar-refractivity contribution in [1.29, 1.82) is 0 Å². The van der Waals surface area contributed by atoms with Crippen LogP contribution in [-0.2, 0) is 27.3 Å². The Kier molecular flexibility index (Phi) is 9.07. The van der Waals surface area contributed by atoms with Crippen molar-refractivity contribution in [2.24, 2.45) is 0 Å². The van der Waals surface area contributed by atoms with E-state index in [1.807, 2.05) is 36.4 Å². The van der Waals surface area contributed by atoms with Crippen molar-refractivity contribution in [3.63, 3.8) is 0 Å². The number of rotatable bonds is 9. The Bertz CT molecular complexity index is 920. The standard InChI is InChI=1S/C24H31N3O5/c1-24(2,3)32-23(30)25-14-13-21(28)27-19-11-9-17(10-12-19)16-26-22(29)15-18-7-5-6-8-20(18)31-4/h5-12H,13-16H2,1-4H3,(H,25,30)(H,26,29)(H,27,28). The first-order valence-corrected chi connectivity index (χ1v) is 10.4. The largest absolute Gasteiger partial charge is 0.496 e. The number of carbonyl (C=O) groups is 3. The van der Waals surface area contributed by atoms with Crippen LogP contribution in [0.5, 0.6) is 5.75 Å². The van der Waals surface area contributed by atoms with E-state index in [4.69, 9.17) is 9.47 Å². The van der Waals surface area contributed by atoms with Gasteiger partial charge in [0.1, 0.15) is 11.4 Å². The summed E-state index contributed by atoms with van der Waals surface area (Å²) < 4.78 is 10.4. The minimum absolute atomic E-state index is 0.107. The van der Waals surface area contributed by atoms with Gasteiger partial charge in [0.25, 0.3) is 0 Å². The van der Waals surface area contributed by atoms with Crippen LogP contribution >= 0.6 is 0 Å². The molecular weight excluding hydrogens is 410 g/mol. The Morgan fingerprint density at radius 3 is 2.25 bits per heavy atom. The summed E-state index contributed by atoms with van der Waals surface area (Å²) in [5.41, 5.74) is 1.79. The van der Waals surface area contributed by atoms with E-state index in [0.717, 1.165) is 11.1 Å². The molecule has 0 atom stereocenters. The maximum atomic E-state index is 12.2. The van der Waals surface area contributed by atoms with Crippen LogP contribution in [0, 0.1) is 0 Å². The molecule has 0 radical (unpaired) electrons. The van der Waals surface area contributed by atoms with E-state index in [2.05, 4.69) is 16.0 Å². The molecule has 8 heteroatoms. The summed E-state index contributed by atoms with van der Waals surface area (Å²) in [5.74, 6) is 0.354. The lowest BCUT2D eigenvalue weighted by Gasteiger charge is -2.19. The first-order valence-electron chi connectivity index (χ1n) is 10.4. The molecule has 8 nitrogen and oxygen atoms in total. The average molecular weight is 442 g/mol. The maximum Gasteiger partial charge on any atom is 0.407 e. The molecule has 3 N–H and O–H groups in total. The molecular formula is C24H31N3O5. The summed E-state index contributed by atoms with van der Waals surface area (Å²) in [6.45, 7) is 5.87. The highest BCUT2D eigenvalue weighted by Gasteiger charge is 2.16. The number of methoxy groups -OCH3 is 1. The SMILES string of the molecule is COc1ccccc1CC(=O)NCc1ccc(NC(=O)CCNC(=O)OC(C)(C)C)cc1. The molecule has 2 aromatic rings. The number of anilines is 1. The second kappa shape index (κ2) is 11.7. The van der Waals surface area contributed by atoms with E-state index in [-0.39, 0.29) is 31.2 Å². The second-order valence-electron chi connectivity index (χ2n) is 8.19. The first kappa shape index (κ1) is 24.7. The van der Waals surface area contributed by atoms with Crippen molar-refractivity contribution in [3.05, 3.63) is 59.7 Å². The number of carbonyl (C=O) groups excluding carboxylic acids is 3. The third-order valence-electron chi connectivity index (χ3n) is 4.29. The van der Waals surface area contributed by atoms with Crippen LogP contribution in [0.1, 0.15) is 38.3 Å².